The number of carbonyl (C=O) groups is 1. The number of halogens is 1. The lowest BCUT2D eigenvalue weighted by atomic mass is 10.1. The summed E-state index contributed by atoms with van der Waals surface area (Å²) in [6, 6.07) is 5.97. The summed E-state index contributed by atoms with van der Waals surface area (Å²) >= 11 is 0. The van der Waals surface area contributed by atoms with Gasteiger partial charge in [-0.05, 0) is 57.1 Å². The van der Waals surface area contributed by atoms with Gasteiger partial charge in [-0.25, -0.2) is 0 Å². The van der Waals surface area contributed by atoms with Gasteiger partial charge in [0.05, 0.1) is 0 Å². The number of amides is 1. The molecule has 0 spiro atoms. The van der Waals surface area contributed by atoms with Gasteiger partial charge in [-0.3, -0.25) is 4.79 Å². The van der Waals surface area contributed by atoms with Gasteiger partial charge in [0, 0.05) is 12.1 Å². The van der Waals surface area contributed by atoms with Crippen molar-refractivity contribution in [2.24, 2.45) is 0 Å². The first-order chi connectivity index (χ1) is 7.63. The second-order valence-electron chi connectivity index (χ2n) is 4.05. The molecule has 0 fully saturated rings. The van der Waals surface area contributed by atoms with Gasteiger partial charge >= 0.3 is 0 Å². The average Bonchev–Trinajstić information content (AvgIpc) is 2.24. The molecular weight excluding hydrogens is 236 g/mol. The highest BCUT2D eigenvalue weighted by molar-refractivity contribution is 5.90. The number of benzene rings is 1. The summed E-state index contributed by atoms with van der Waals surface area (Å²) in [5, 5.41) is 5.93. The molecule has 3 nitrogen and oxygen atoms in total. The number of carbonyl (C=O) groups excluding carboxylic acids is 1. The first-order valence-corrected chi connectivity index (χ1v) is 5.65. The Kier molecular flexibility index (Phi) is 7.59. The van der Waals surface area contributed by atoms with E-state index < -0.39 is 0 Å². The molecule has 17 heavy (non-hydrogen) atoms. The first-order valence-electron chi connectivity index (χ1n) is 5.65. The smallest absolute Gasteiger partial charge is 0.224 e. The standard InChI is InChI=1S/C13H20N2O.ClH/c1-10-6-7-12(9-11(10)2)15-13(16)5-4-8-14-3;/h6-7,9,14H,4-5,8H2,1-3H3,(H,15,16);1H. The molecule has 0 saturated carbocycles. The molecule has 0 saturated heterocycles. The van der Waals surface area contributed by atoms with Crippen LogP contribution in [0.5, 0.6) is 0 Å². The molecule has 96 valence electrons. The summed E-state index contributed by atoms with van der Waals surface area (Å²) < 4.78 is 0. The van der Waals surface area contributed by atoms with Gasteiger partial charge in [-0.2, -0.15) is 0 Å². The molecule has 0 aromatic heterocycles. The van der Waals surface area contributed by atoms with Crippen molar-refractivity contribution in [3.05, 3.63) is 29.3 Å². The Hall–Kier alpha value is -1.06. The Labute approximate surface area is 109 Å². The lowest BCUT2D eigenvalue weighted by Gasteiger charge is -2.07. The summed E-state index contributed by atoms with van der Waals surface area (Å²) in [5.74, 6) is 0.0819. The summed E-state index contributed by atoms with van der Waals surface area (Å²) in [5.41, 5.74) is 3.33. The molecule has 1 amide bonds. The molecule has 1 aromatic rings. The van der Waals surface area contributed by atoms with E-state index in [9.17, 15) is 4.79 Å². The molecule has 2 N–H and O–H groups in total. The number of rotatable bonds is 5. The van der Waals surface area contributed by atoms with Crippen LogP contribution >= 0.6 is 12.4 Å². The third-order valence-electron chi connectivity index (χ3n) is 2.62. The Morgan fingerprint density at radius 2 is 1.94 bits per heavy atom. The molecule has 0 aliphatic rings. The Morgan fingerprint density at radius 1 is 1.24 bits per heavy atom. The van der Waals surface area contributed by atoms with Crippen molar-refractivity contribution in [3.63, 3.8) is 0 Å². The monoisotopic (exact) mass is 256 g/mol. The summed E-state index contributed by atoms with van der Waals surface area (Å²) in [4.78, 5) is 11.5. The van der Waals surface area contributed by atoms with E-state index in [2.05, 4.69) is 17.6 Å². The highest BCUT2D eigenvalue weighted by Gasteiger charge is 2.02. The third-order valence-corrected chi connectivity index (χ3v) is 2.62. The summed E-state index contributed by atoms with van der Waals surface area (Å²) in [7, 11) is 1.89. The molecule has 0 unspecified atom stereocenters. The van der Waals surface area contributed by atoms with E-state index in [-0.39, 0.29) is 18.3 Å². The largest absolute Gasteiger partial charge is 0.326 e. The lowest BCUT2D eigenvalue weighted by molar-refractivity contribution is -0.116. The van der Waals surface area contributed by atoms with Crippen LogP contribution in [0.3, 0.4) is 0 Å². The van der Waals surface area contributed by atoms with E-state index in [4.69, 9.17) is 0 Å². The molecule has 0 aliphatic heterocycles. The van der Waals surface area contributed by atoms with Crippen molar-refractivity contribution in [2.75, 3.05) is 18.9 Å². The molecule has 0 heterocycles. The molecule has 0 bridgehead atoms. The van der Waals surface area contributed by atoms with Crippen molar-refractivity contribution in [1.82, 2.24) is 5.32 Å². The predicted molar refractivity (Wildman–Crippen MR) is 75.0 cm³/mol. The van der Waals surface area contributed by atoms with Crippen molar-refractivity contribution in [3.8, 4) is 0 Å². The molecule has 0 aliphatic carbocycles. The minimum absolute atomic E-state index is 0. The van der Waals surface area contributed by atoms with E-state index >= 15 is 0 Å². The van der Waals surface area contributed by atoms with Crippen molar-refractivity contribution in [1.29, 1.82) is 0 Å². The minimum Gasteiger partial charge on any atom is -0.326 e. The quantitative estimate of drug-likeness (QED) is 0.796. The second-order valence-corrected chi connectivity index (χ2v) is 4.05. The van der Waals surface area contributed by atoms with Crippen molar-refractivity contribution < 1.29 is 4.79 Å². The fourth-order valence-corrected chi connectivity index (χ4v) is 1.47. The van der Waals surface area contributed by atoms with Crippen LogP contribution in [0.2, 0.25) is 0 Å². The maximum absolute atomic E-state index is 11.5. The van der Waals surface area contributed by atoms with Crippen LogP contribution in [0, 0.1) is 13.8 Å². The minimum atomic E-state index is 0. The number of nitrogens with one attached hydrogen (secondary N) is 2. The molecule has 0 atom stereocenters. The highest BCUT2D eigenvalue weighted by atomic mass is 35.5. The highest BCUT2D eigenvalue weighted by Crippen LogP contribution is 2.14. The van der Waals surface area contributed by atoms with Crippen LogP contribution < -0.4 is 10.6 Å². The van der Waals surface area contributed by atoms with Gasteiger partial charge in [0.15, 0.2) is 0 Å². The Balaban J connectivity index is 0.00000256. The van der Waals surface area contributed by atoms with E-state index in [1.54, 1.807) is 0 Å². The predicted octanol–water partition coefficient (Wildman–Crippen LogP) is 2.66. The summed E-state index contributed by atoms with van der Waals surface area (Å²) in [6.45, 7) is 4.99. The van der Waals surface area contributed by atoms with Gasteiger partial charge < -0.3 is 10.6 Å². The van der Waals surface area contributed by atoms with Crippen molar-refractivity contribution >= 4 is 24.0 Å². The van der Waals surface area contributed by atoms with Gasteiger partial charge in [-0.1, -0.05) is 6.07 Å². The first kappa shape index (κ1) is 15.9. The maximum atomic E-state index is 11.5. The van der Waals surface area contributed by atoms with Crippen molar-refractivity contribution in [2.45, 2.75) is 26.7 Å². The zero-order valence-electron chi connectivity index (χ0n) is 10.7. The van der Waals surface area contributed by atoms with Crippen LogP contribution in [0.15, 0.2) is 18.2 Å². The second kappa shape index (κ2) is 8.09. The SMILES string of the molecule is CNCCCC(=O)Nc1ccc(C)c(C)c1.Cl. The number of aryl methyl sites for hydroxylation is 2. The third kappa shape index (κ3) is 5.71. The molecular formula is C13H21ClN2O. The van der Waals surface area contributed by atoms with Crippen LogP contribution in [-0.2, 0) is 4.79 Å². The van der Waals surface area contributed by atoms with E-state index in [0.717, 1.165) is 18.7 Å². The van der Waals surface area contributed by atoms with Gasteiger partial charge in [-0.15, -0.1) is 12.4 Å². The van der Waals surface area contributed by atoms with Gasteiger partial charge in [0.25, 0.3) is 0 Å². The van der Waals surface area contributed by atoms with E-state index in [1.165, 1.54) is 11.1 Å². The van der Waals surface area contributed by atoms with E-state index in [0.29, 0.717) is 6.42 Å². The maximum Gasteiger partial charge on any atom is 0.224 e. The van der Waals surface area contributed by atoms with Gasteiger partial charge in [0.2, 0.25) is 5.91 Å². The van der Waals surface area contributed by atoms with Crippen LogP contribution in [0.4, 0.5) is 5.69 Å². The molecule has 4 heteroatoms. The number of hydrogen-bond acceptors (Lipinski definition) is 2. The molecule has 0 radical (unpaired) electrons. The Bertz CT molecular complexity index is 366. The fraction of sp³-hybridized carbons (Fsp3) is 0.462. The number of hydrogen-bond donors (Lipinski definition) is 2. The summed E-state index contributed by atoms with van der Waals surface area (Å²) in [6.07, 6.45) is 1.43. The van der Waals surface area contributed by atoms with Crippen LogP contribution in [0.25, 0.3) is 0 Å². The zero-order valence-corrected chi connectivity index (χ0v) is 11.5. The van der Waals surface area contributed by atoms with Crippen LogP contribution in [0.1, 0.15) is 24.0 Å². The van der Waals surface area contributed by atoms with E-state index in [1.807, 2.05) is 32.2 Å². The molecule has 1 rings (SSSR count). The normalized spacial score (nSPS) is 9.59. The lowest BCUT2D eigenvalue weighted by Crippen LogP contribution is -2.15. The molecule has 1 aromatic carbocycles. The fourth-order valence-electron chi connectivity index (χ4n) is 1.47. The average molecular weight is 257 g/mol. The topological polar surface area (TPSA) is 41.1 Å². The number of anilines is 1. The van der Waals surface area contributed by atoms with Gasteiger partial charge in [0.1, 0.15) is 0 Å². The van der Waals surface area contributed by atoms with Crippen LogP contribution in [-0.4, -0.2) is 19.5 Å². The Morgan fingerprint density at radius 3 is 2.53 bits per heavy atom. The zero-order chi connectivity index (χ0) is 12.0.